The molecule has 1 aliphatic rings. The van der Waals surface area contributed by atoms with Crippen LogP contribution in [0.2, 0.25) is 0 Å². The van der Waals surface area contributed by atoms with Gasteiger partial charge in [-0.15, -0.1) is 0 Å². The molecule has 1 aliphatic carbocycles. The number of halogens is 2. The molecule has 0 atom stereocenters. The lowest BCUT2D eigenvalue weighted by atomic mass is 9.76. The average molecular weight is 298 g/mol. The zero-order valence-corrected chi connectivity index (χ0v) is 12.5. The molecule has 5 heteroatoms. The van der Waals surface area contributed by atoms with Crippen LogP contribution in [0.4, 0.5) is 8.78 Å². The van der Waals surface area contributed by atoms with E-state index in [-0.39, 0.29) is 11.3 Å². The maximum absolute atomic E-state index is 13.8. The topological polar surface area (TPSA) is 46.5 Å². The molecule has 0 radical (unpaired) electrons. The molecule has 0 spiro atoms. The molecule has 116 valence electrons. The molecule has 1 saturated carbocycles. The van der Waals surface area contributed by atoms with Gasteiger partial charge >= 0.3 is 5.97 Å². The predicted molar refractivity (Wildman–Crippen MR) is 75.1 cm³/mol. The fourth-order valence-electron chi connectivity index (χ4n) is 3.25. The summed E-state index contributed by atoms with van der Waals surface area (Å²) in [6.45, 7) is 2.50. The second kappa shape index (κ2) is 5.28. The maximum Gasteiger partial charge on any atom is 0.314 e. The van der Waals surface area contributed by atoms with Crippen molar-refractivity contribution in [1.29, 1.82) is 0 Å². The molecule has 0 bridgehead atoms. The van der Waals surface area contributed by atoms with Crippen molar-refractivity contribution < 1.29 is 23.4 Å². The highest BCUT2D eigenvalue weighted by Crippen LogP contribution is 2.48. The molecule has 0 heterocycles. The van der Waals surface area contributed by atoms with E-state index in [2.05, 4.69) is 0 Å². The lowest BCUT2D eigenvalue weighted by Gasteiger charge is -2.29. The molecule has 2 rings (SSSR count). The first-order valence-electron chi connectivity index (χ1n) is 7.03. The van der Waals surface area contributed by atoms with Crippen LogP contribution in [0.25, 0.3) is 0 Å². The first-order valence-corrected chi connectivity index (χ1v) is 7.03. The van der Waals surface area contributed by atoms with Crippen LogP contribution in [0.15, 0.2) is 12.1 Å². The molecule has 21 heavy (non-hydrogen) atoms. The van der Waals surface area contributed by atoms with Gasteiger partial charge in [-0.3, -0.25) is 4.79 Å². The van der Waals surface area contributed by atoms with Crippen LogP contribution in [0.1, 0.15) is 49.3 Å². The van der Waals surface area contributed by atoms with Crippen LogP contribution >= 0.6 is 0 Å². The third-order valence-corrected chi connectivity index (χ3v) is 4.29. The van der Waals surface area contributed by atoms with Gasteiger partial charge in [-0.1, -0.05) is 24.5 Å². The highest BCUT2D eigenvalue weighted by molar-refractivity contribution is 5.83. The SMILES string of the molecule is COc1c(C(C)(F)F)cc(C)cc1C1(C(=O)O)CCCC1. The fourth-order valence-corrected chi connectivity index (χ4v) is 3.25. The Morgan fingerprint density at radius 3 is 2.33 bits per heavy atom. The van der Waals surface area contributed by atoms with Gasteiger partial charge in [0.25, 0.3) is 5.92 Å². The van der Waals surface area contributed by atoms with Gasteiger partial charge in [0.1, 0.15) is 5.75 Å². The number of aliphatic carboxylic acids is 1. The van der Waals surface area contributed by atoms with Gasteiger partial charge < -0.3 is 9.84 Å². The van der Waals surface area contributed by atoms with Gasteiger partial charge in [0.05, 0.1) is 18.1 Å². The molecule has 0 amide bonds. The summed E-state index contributed by atoms with van der Waals surface area (Å²) in [4.78, 5) is 11.8. The van der Waals surface area contributed by atoms with E-state index >= 15 is 0 Å². The van der Waals surface area contributed by atoms with Crippen molar-refractivity contribution in [1.82, 2.24) is 0 Å². The zero-order valence-electron chi connectivity index (χ0n) is 12.5. The number of carbonyl (C=O) groups is 1. The van der Waals surface area contributed by atoms with Crippen LogP contribution in [0.3, 0.4) is 0 Å². The second-order valence-corrected chi connectivity index (χ2v) is 5.88. The Morgan fingerprint density at radius 2 is 1.90 bits per heavy atom. The molecule has 1 fully saturated rings. The quantitative estimate of drug-likeness (QED) is 0.913. The largest absolute Gasteiger partial charge is 0.496 e. The summed E-state index contributed by atoms with van der Waals surface area (Å²) in [5, 5.41) is 9.68. The number of benzene rings is 1. The van der Waals surface area contributed by atoms with Crippen molar-refractivity contribution >= 4 is 5.97 Å². The van der Waals surface area contributed by atoms with E-state index in [0.717, 1.165) is 19.8 Å². The molecule has 3 nitrogen and oxygen atoms in total. The number of hydrogen-bond acceptors (Lipinski definition) is 2. The van der Waals surface area contributed by atoms with Crippen LogP contribution in [0, 0.1) is 6.92 Å². The maximum atomic E-state index is 13.8. The number of hydrogen-bond donors (Lipinski definition) is 1. The summed E-state index contributed by atoms with van der Waals surface area (Å²) < 4.78 is 32.9. The van der Waals surface area contributed by atoms with Crippen molar-refractivity contribution in [2.24, 2.45) is 0 Å². The summed E-state index contributed by atoms with van der Waals surface area (Å²) in [6, 6.07) is 3.04. The van der Waals surface area contributed by atoms with E-state index in [9.17, 15) is 18.7 Å². The molecule has 1 aromatic rings. The van der Waals surface area contributed by atoms with Crippen molar-refractivity contribution in [3.63, 3.8) is 0 Å². The number of ether oxygens (including phenoxy) is 1. The van der Waals surface area contributed by atoms with E-state index in [1.807, 2.05) is 0 Å². The molecule has 0 aliphatic heterocycles. The van der Waals surface area contributed by atoms with Crippen LogP contribution in [0.5, 0.6) is 5.75 Å². The monoisotopic (exact) mass is 298 g/mol. The number of aryl methyl sites for hydroxylation is 1. The Balaban J connectivity index is 2.74. The van der Waals surface area contributed by atoms with Crippen molar-refractivity contribution in [3.8, 4) is 5.75 Å². The summed E-state index contributed by atoms with van der Waals surface area (Å²) in [6.07, 6.45) is 2.47. The van der Waals surface area contributed by atoms with Gasteiger partial charge in [-0.05, 0) is 25.8 Å². The van der Waals surface area contributed by atoms with Crippen LogP contribution in [-0.2, 0) is 16.1 Å². The lowest BCUT2D eigenvalue weighted by molar-refractivity contribution is -0.143. The van der Waals surface area contributed by atoms with E-state index in [1.165, 1.54) is 13.2 Å². The fraction of sp³-hybridized carbons (Fsp3) is 0.562. The van der Waals surface area contributed by atoms with E-state index < -0.39 is 17.3 Å². The highest BCUT2D eigenvalue weighted by atomic mass is 19.3. The second-order valence-electron chi connectivity index (χ2n) is 5.88. The minimum atomic E-state index is -3.08. The van der Waals surface area contributed by atoms with Gasteiger partial charge in [0, 0.05) is 12.5 Å². The molecule has 1 aromatic carbocycles. The zero-order chi connectivity index (χ0) is 15.8. The normalized spacial score (nSPS) is 17.8. The summed E-state index contributed by atoms with van der Waals surface area (Å²) in [5.41, 5.74) is -0.355. The van der Waals surface area contributed by atoms with E-state index in [4.69, 9.17) is 4.74 Å². The Labute approximate surface area is 122 Å². The minimum absolute atomic E-state index is 0.0115. The van der Waals surface area contributed by atoms with E-state index in [1.54, 1.807) is 13.0 Å². The Hall–Kier alpha value is -1.65. The summed E-state index contributed by atoms with van der Waals surface area (Å²) in [5.74, 6) is -4.03. The standard InChI is InChI=1S/C16H20F2O3/c1-10-8-11(15(2,17)18)13(21-3)12(9-10)16(14(19)20)6-4-5-7-16/h8-9H,4-7H2,1-3H3,(H,19,20). The molecule has 0 saturated heterocycles. The molecule has 1 N–H and O–H groups in total. The number of carboxylic acid groups (broad SMARTS) is 1. The summed E-state index contributed by atoms with van der Waals surface area (Å²) >= 11 is 0. The van der Waals surface area contributed by atoms with Gasteiger partial charge in [-0.2, -0.15) is 0 Å². The lowest BCUT2D eigenvalue weighted by Crippen LogP contribution is -2.33. The molecule has 0 aromatic heterocycles. The van der Waals surface area contributed by atoms with Crippen LogP contribution in [-0.4, -0.2) is 18.2 Å². The van der Waals surface area contributed by atoms with E-state index in [0.29, 0.717) is 24.0 Å². The van der Waals surface area contributed by atoms with Crippen LogP contribution < -0.4 is 4.74 Å². The predicted octanol–water partition coefficient (Wildman–Crippen LogP) is 4.01. The van der Waals surface area contributed by atoms with Gasteiger partial charge in [0.15, 0.2) is 0 Å². The third kappa shape index (κ3) is 2.61. The van der Waals surface area contributed by atoms with Crippen molar-refractivity contribution in [2.45, 2.75) is 50.9 Å². The number of alkyl halides is 2. The number of methoxy groups -OCH3 is 1. The molecular formula is C16H20F2O3. The Kier molecular flexibility index (Phi) is 3.95. The van der Waals surface area contributed by atoms with Gasteiger partial charge in [0.2, 0.25) is 0 Å². The van der Waals surface area contributed by atoms with Gasteiger partial charge in [-0.25, -0.2) is 8.78 Å². The number of carboxylic acids is 1. The summed E-state index contributed by atoms with van der Waals surface area (Å²) in [7, 11) is 1.31. The highest BCUT2D eigenvalue weighted by Gasteiger charge is 2.46. The van der Waals surface area contributed by atoms with Crippen molar-refractivity contribution in [3.05, 3.63) is 28.8 Å². The Bertz CT molecular complexity index is 555. The first kappa shape index (κ1) is 15.7. The first-order chi connectivity index (χ1) is 9.72. The third-order valence-electron chi connectivity index (χ3n) is 4.29. The average Bonchev–Trinajstić information content (AvgIpc) is 2.87. The molecular weight excluding hydrogens is 278 g/mol. The minimum Gasteiger partial charge on any atom is -0.496 e. The number of rotatable bonds is 4. The smallest absolute Gasteiger partial charge is 0.314 e. The molecule has 0 unspecified atom stereocenters. The van der Waals surface area contributed by atoms with Crippen molar-refractivity contribution in [2.75, 3.05) is 7.11 Å². The Morgan fingerprint density at radius 1 is 1.33 bits per heavy atom.